The van der Waals surface area contributed by atoms with Gasteiger partial charge >= 0.3 is 0 Å². The molecule has 0 aliphatic heterocycles. The van der Waals surface area contributed by atoms with Crippen molar-refractivity contribution in [2.45, 2.75) is 10.8 Å². The number of nitrogens with zero attached hydrogens (tertiary/aromatic N) is 4. The molecule has 2 aliphatic carbocycles. The van der Waals surface area contributed by atoms with Gasteiger partial charge in [-0.15, -0.1) is 0 Å². The molecule has 12 heteroatoms. The van der Waals surface area contributed by atoms with Gasteiger partial charge in [0.1, 0.15) is 62.1 Å². The predicted octanol–water partition coefficient (Wildman–Crippen LogP) is 34.1. The number of benzene rings is 20. The molecule has 0 atom stereocenters. The van der Waals surface area contributed by atoms with Crippen molar-refractivity contribution in [3.05, 3.63) is 517 Å². The van der Waals surface area contributed by atoms with Crippen molar-refractivity contribution in [3.63, 3.8) is 0 Å². The zero-order chi connectivity index (χ0) is 89.0. The molecule has 0 spiro atoms. The molecule has 4 heterocycles. The summed E-state index contributed by atoms with van der Waals surface area (Å²) < 4.78 is 101. The van der Waals surface area contributed by atoms with Crippen LogP contribution in [0.15, 0.2) is 467 Å². The molecule has 26 rings (SSSR count). The average molecular weight is 1740 g/mol. The van der Waals surface area contributed by atoms with E-state index < -0.39 is 34.1 Å². The van der Waals surface area contributed by atoms with E-state index in [-0.39, 0.29) is 11.3 Å². The lowest BCUT2D eigenvalue weighted by Gasteiger charge is -2.36. The molecule has 0 N–H and O–H groups in total. The van der Waals surface area contributed by atoms with Crippen LogP contribution in [0.4, 0.5) is 85.8 Å². The molecule has 0 radical (unpaired) electrons. The van der Waals surface area contributed by atoms with Crippen molar-refractivity contribution in [2.75, 3.05) is 19.6 Å². The van der Waals surface area contributed by atoms with Gasteiger partial charge in [0.2, 0.25) is 0 Å². The number of halogens is 4. The van der Waals surface area contributed by atoms with E-state index in [1.54, 1.807) is 30.3 Å². The molecule has 0 saturated carbocycles. The smallest absolute Gasteiger partial charge is 0.155 e. The first-order chi connectivity index (χ1) is 66.2. The maximum absolute atomic E-state index is 20.4. The zero-order valence-corrected chi connectivity index (χ0v) is 71.7. The van der Waals surface area contributed by atoms with Crippen LogP contribution in [0, 0.1) is 23.3 Å². The first kappa shape index (κ1) is 77.6. The summed E-state index contributed by atoms with van der Waals surface area (Å²) in [4.78, 5) is 8.25. The highest BCUT2D eigenvalue weighted by atomic mass is 19.1. The molecule has 634 valence electrons. The molecule has 20 aromatic carbocycles. The SMILES string of the molecule is Fc1cccc(N(c2ccccc2)c2cc3c(c4oc5ccccc5c24)-c2c(cc(N(c4cccc(F)c4)c4cccc(-c5cccc(N(c6ccccc6)c6cc7c(c8oc9ccccc9c68)-c6c(cc(N(c8ccccc8)c8ccccc8F)c8c6oc6ccccc68)C7(c6ccccc6)c6ccccc6)c5F)c4)c4c2oc2ccccc24)C3(c2ccccc2)c2ccccc2)c1. The quantitative estimate of drug-likeness (QED) is 0.0836. The summed E-state index contributed by atoms with van der Waals surface area (Å²) in [5.41, 5.74) is 20.4. The topological polar surface area (TPSA) is 65.5 Å². The van der Waals surface area contributed by atoms with Gasteiger partial charge in [0.05, 0.1) is 66.5 Å². The van der Waals surface area contributed by atoms with Gasteiger partial charge in [-0.05, 0) is 202 Å². The summed E-state index contributed by atoms with van der Waals surface area (Å²) in [6.07, 6.45) is 0. The maximum Gasteiger partial charge on any atom is 0.155 e. The summed E-state index contributed by atoms with van der Waals surface area (Å²) in [6, 6.07) is 147. The first-order valence-corrected chi connectivity index (χ1v) is 44.9. The minimum absolute atomic E-state index is 0.228. The normalized spacial score (nSPS) is 12.9. The Labute approximate surface area is 766 Å². The highest BCUT2D eigenvalue weighted by molar-refractivity contribution is 6.28. The van der Waals surface area contributed by atoms with Crippen molar-refractivity contribution in [1.82, 2.24) is 0 Å². The lowest BCUT2D eigenvalue weighted by Crippen LogP contribution is -2.29. The van der Waals surface area contributed by atoms with Crippen LogP contribution in [0.2, 0.25) is 0 Å². The number of fused-ring (bicyclic) bond motifs is 22. The van der Waals surface area contributed by atoms with Crippen LogP contribution in [0.5, 0.6) is 0 Å². The van der Waals surface area contributed by atoms with Crippen molar-refractivity contribution in [3.8, 4) is 33.4 Å². The fourth-order valence-electron chi connectivity index (χ4n) is 22.0. The molecule has 0 unspecified atom stereocenters. The Morgan fingerprint density at radius 1 is 0.201 bits per heavy atom. The average Bonchev–Trinajstić information content (AvgIpc) is 1.50. The van der Waals surface area contributed by atoms with Gasteiger partial charge in [-0.3, -0.25) is 0 Å². The Hall–Kier alpha value is -17.5. The second kappa shape index (κ2) is 30.6. The molecule has 0 saturated heterocycles. The van der Waals surface area contributed by atoms with Gasteiger partial charge in [0, 0.05) is 83.5 Å². The van der Waals surface area contributed by atoms with Crippen LogP contribution in [0.25, 0.3) is 121 Å². The van der Waals surface area contributed by atoms with Crippen molar-refractivity contribution >= 4 is 156 Å². The highest BCUT2D eigenvalue weighted by Gasteiger charge is 2.53. The second-order valence-electron chi connectivity index (χ2n) is 34.4. The van der Waals surface area contributed by atoms with Gasteiger partial charge < -0.3 is 37.3 Å². The molecule has 24 aromatic rings. The summed E-state index contributed by atoms with van der Waals surface area (Å²) >= 11 is 0. The zero-order valence-electron chi connectivity index (χ0n) is 71.7. The van der Waals surface area contributed by atoms with Crippen LogP contribution in [0.1, 0.15) is 44.5 Å². The van der Waals surface area contributed by atoms with E-state index in [4.69, 9.17) is 17.7 Å². The summed E-state index contributed by atoms with van der Waals surface area (Å²) in [7, 11) is 0. The van der Waals surface area contributed by atoms with Gasteiger partial charge in [0.25, 0.3) is 0 Å². The Bertz CT molecular complexity index is 8770. The minimum Gasteiger partial charge on any atom is -0.455 e. The van der Waals surface area contributed by atoms with E-state index in [2.05, 4.69) is 155 Å². The molecular formula is C122H74F4N4O4. The van der Waals surface area contributed by atoms with Crippen molar-refractivity contribution < 1.29 is 35.2 Å². The highest BCUT2D eigenvalue weighted by Crippen LogP contribution is 2.68. The number of hydrogen-bond acceptors (Lipinski definition) is 8. The Kier molecular flexibility index (Phi) is 17.7. The van der Waals surface area contributed by atoms with Gasteiger partial charge in [-0.2, -0.15) is 0 Å². The number of hydrogen-bond donors (Lipinski definition) is 0. The Morgan fingerprint density at radius 3 is 0.828 bits per heavy atom. The summed E-state index contributed by atoms with van der Waals surface area (Å²) in [5, 5.41) is 6.26. The monoisotopic (exact) mass is 1730 g/mol. The molecule has 2 aliphatic rings. The van der Waals surface area contributed by atoms with Crippen LogP contribution < -0.4 is 19.6 Å². The van der Waals surface area contributed by atoms with Crippen molar-refractivity contribution in [1.29, 1.82) is 0 Å². The lowest BCUT2D eigenvalue weighted by molar-refractivity contribution is 0.627. The van der Waals surface area contributed by atoms with E-state index in [9.17, 15) is 0 Å². The molecule has 134 heavy (non-hydrogen) atoms. The summed E-state index contributed by atoms with van der Waals surface area (Å²) in [6.45, 7) is 0. The predicted molar refractivity (Wildman–Crippen MR) is 534 cm³/mol. The summed E-state index contributed by atoms with van der Waals surface area (Å²) in [5.74, 6) is -1.82. The fourth-order valence-corrected chi connectivity index (χ4v) is 22.0. The largest absolute Gasteiger partial charge is 0.455 e. The third-order valence-corrected chi connectivity index (χ3v) is 27.3. The molecule has 4 aromatic heterocycles. The fraction of sp³-hybridized carbons (Fsp3) is 0.0164. The van der Waals surface area contributed by atoms with E-state index in [1.165, 1.54) is 18.2 Å². The molecule has 0 amide bonds. The maximum atomic E-state index is 20.4. The van der Waals surface area contributed by atoms with E-state index in [1.807, 2.05) is 265 Å². The van der Waals surface area contributed by atoms with E-state index in [0.29, 0.717) is 101 Å². The molecule has 0 fully saturated rings. The third kappa shape index (κ3) is 11.5. The van der Waals surface area contributed by atoms with Crippen LogP contribution in [-0.4, -0.2) is 0 Å². The number of furan rings is 4. The van der Waals surface area contributed by atoms with Crippen LogP contribution in [-0.2, 0) is 10.8 Å². The third-order valence-electron chi connectivity index (χ3n) is 27.3. The minimum atomic E-state index is -1.23. The number of rotatable bonds is 17. The van der Waals surface area contributed by atoms with Crippen LogP contribution in [0.3, 0.4) is 0 Å². The van der Waals surface area contributed by atoms with Gasteiger partial charge in [-0.1, -0.05) is 297 Å². The van der Waals surface area contributed by atoms with E-state index >= 15 is 17.6 Å². The second-order valence-corrected chi connectivity index (χ2v) is 34.4. The van der Waals surface area contributed by atoms with E-state index in [0.717, 1.165) is 122 Å². The van der Waals surface area contributed by atoms with Crippen molar-refractivity contribution in [2.24, 2.45) is 0 Å². The molecule has 0 bridgehead atoms. The number of para-hydroxylation sites is 8. The van der Waals surface area contributed by atoms with Gasteiger partial charge in [0.15, 0.2) is 5.82 Å². The molecular weight excluding hydrogens is 1660 g/mol. The Morgan fingerprint density at radius 2 is 0.470 bits per heavy atom. The Balaban J connectivity index is 0.720. The lowest BCUT2D eigenvalue weighted by atomic mass is 9.67. The standard InChI is InChI=1S/C122H74F4N4O4/c123-80-45-33-54-86(69-80)127(82-47-16-5-17-48-82)100-71-93-112(117-108(100)89-56-22-28-64-104(89)131-117)113-94(121(93,76-37-8-1-9-38-76)77-39-10-2-11-40-77)72-101(109-90-57-23-29-65-105(90)132-118(109)113)128(87-55-34-46-81(124)70-87)85-53-32-36-75(68-85)88-60-35-63-99(116(88)126)130(84-51-20-7-21-52-84)103-74-96-115(120-111(103)92-59-25-31-67-107(92)134-120)114-95(122(96,78-41-12-3-13-42-78)79-43-14-4-15-44-79)73-102(110-91-58-24-30-66-106(91)133-119(110)114)129(83-49-18-6-19-50-83)98-62-27-26-61-97(98)125/h1-74H. The first-order valence-electron chi connectivity index (χ1n) is 44.9. The molecule has 8 nitrogen and oxygen atoms in total. The van der Waals surface area contributed by atoms with Crippen LogP contribution >= 0.6 is 0 Å². The number of anilines is 12. The van der Waals surface area contributed by atoms with Gasteiger partial charge in [-0.25, -0.2) is 17.6 Å².